The van der Waals surface area contributed by atoms with Gasteiger partial charge in [0.25, 0.3) is 5.87 Å². The van der Waals surface area contributed by atoms with E-state index < -0.39 is 5.87 Å². The third kappa shape index (κ3) is 45.4. The molecule has 0 saturated carbocycles. The first-order chi connectivity index (χ1) is 7.89. The number of carbonyl (C=O) groups is 1. The summed E-state index contributed by atoms with van der Waals surface area (Å²) in [5, 5.41) is 2.98. The van der Waals surface area contributed by atoms with Crippen molar-refractivity contribution in [1.29, 1.82) is 0 Å². The molecule has 0 bridgehead atoms. The molecule has 0 rings (SSSR count). The van der Waals surface area contributed by atoms with E-state index in [9.17, 15) is 4.79 Å². The Kier molecular flexibility index (Phi) is 14.3. The summed E-state index contributed by atoms with van der Waals surface area (Å²) in [5.41, 5.74) is 15.9. The lowest BCUT2D eigenvalue weighted by Crippen LogP contribution is -2.41. The molecule has 0 atom stereocenters. The molecule has 108 valence electrons. The van der Waals surface area contributed by atoms with Crippen molar-refractivity contribution in [2.45, 2.75) is 38.8 Å². The Hall–Kier alpha value is -0.665. The van der Waals surface area contributed by atoms with Crippen molar-refractivity contribution in [3.8, 4) is 0 Å². The Balaban J connectivity index is -0.000000190. The molecular formula is C10H28BN5O2. The Morgan fingerprint density at radius 2 is 1.50 bits per heavy atom. The minimum absolute atomic E-state index is 0.0608. The molecule has 0 unspecified atom stereocenters. The van der Waals surface area contributed by atoms with E-state index in [-0.39, 0.29) is 11.1 Å². The van der Waals surface area contributed by atoms with Crippen molar-refractivity contribution in [2.75, 3.05) is 20.1 Å². The van der Waals surface area contributed by atoms with Crippen LogP contribution in [-0.2, 0) is 4.84 Å². The highest BCUT2D eigenvalue weighted by Crippen LogP contribution is 1.90. The highest BCUT2D eigenvalue weighted by Gasteiger charge is 2.06. The molecule has 0 aliphatic heterocycles. The summed E-state index contributed by atoms with van der Waals surface area (Å²) in [6.07, 6.45) is 0. The normalized spacial score (nSPS) is 10.5. The van der Waals surface area contributed by atoms with E-state index in [2.05, 4.69) is 23.9 Å². The molecule has 0 aromatic carbocycles. The maximum atomic E-state index is 9.24. The molecule has 8 heteroatoms. The van der Waals surface area contributed by atoms with E-state index in [1.807, 2.05) is 34.7 Å². The largest absolute Gasteiger partial charge is 0.387 e. The lowest BCUT2D eigenvalue weighted by Gasteiger charge is -2.16. The molecule has 0 amide bonds. The Morgan fingerprint density at radius 1 is 1.22 bits per heavy atom. The average Bonchev–Trinajstić information content (AvgIpc) is 2.16. The zero-order valence-electron chi connectivity index (χ0n) is 12.1. The second-order valence-corrected chi connectivity index (χ2v) is 5.15. The Bertz CT molecular complexity index is 201. The van der Waals surface area contributed by atoms with Crippen molar-refractivity contribution < 1.29 is 9.63 Å². The summed E-state index contributed by atoms with van der Waals surface area (Å²) in [5.74, 6) is 3.23. The molecule has 18 heavy (non-hydrogen) atoms. The summed E-state index contributed by atoms with van der Waals surface area (Å²) in [6.45, 7) is 9.19. The summed E-state index contributed by atoms with van der Waals surface area (Å²) < 4.78 is 0. The quantitative estimate of drug-likeness (QED) is 0.317. The smallest absolute Gasteiger partial charge is 0.257 e. The lowest BCUT2D eigenvalue weighted by atomic mass is 10.1. The van der Waals surface area contributed by atoms with Gasteiger partial charge in [0.05, 0.1) is 0 Å². The van der Waals surface area contributed by atoms with Crippen LogP contribution in [0.1, 0.15) is 27.7 Å². The van der Waals surface area contributed by atoms with E-state index in [4.69, 9.17) is 17.2 Å². The summed E-state index contributed by atoms with van der Waals surface area (Å²) in [7, 11) is 6.20. The van der Waals surface area contributed by atoms with Crippen LogP contribution in [0, 0.1) is 0 Å². The monoisotopic (exact) mass is 261 g/mol. The molecule has 9 N–H and O–H groups in total. The first kappa shape index (κ1) is 22.5. The third-order valence-corrected chi connectivity index (χ3v) is 1.27. The molecule has 0 aliphatic rings. The van der Waals surface area contributed by atoms with Gasteiger partial charge in [0.2, 0.25) is 7.85 Å². The highest BCUT2D eigenvalue weighted by molar-refractivity contribution is 6.54. The number of likely N-dealkylation sites (N-methyl/N-ethyl adjacent to an activating group) is 1. The van der Waals surface area contributed by atoms with Crippen molar-refractivity contribution in [1.82, 2.24) is 5.32 Å². The maximum absolute atomic E-state index is 9.24. The molecule has 0 aliphatic carbocycles. The van der Waals surface area contributed by atoms with Gasteiger partial charge in [0.1, 0.15) is 0 Å². The molecular weight excluding hydrogens is 233 g/mol. The standard InChI is InChI=1S/C5H14N2.C4H12N2.CH2BNO2/c1-5(2,6)4-7-3;1-4(2,6)3-5;2-1(4)5-3/h7H,4,6H2,1-3H3;3,5-6H2,1-2H3;3H2. The molecule has 7 nitrogen and oxygen atoms in total. The van der Waals surface area contributed by atoms with Gasteiger partial charge < -0.3 is 27.4 Å². The van der Waals surface area contributed by atoms with E-state index in [1.165, 1.54) is 0 Å². The van der Waals surface area contributed by atoms with Crippen molar-refractivity contribution in [3.05, 3.63) is 0 Å². The average molecular weight is 261 g/mol. The van der Waals surface area contributed by atoms with Gasteiger partial charge in [-0.05, 0) is 34.7 Å². The maximum Gasteiger partial charge on any atom is 0.257 e. The van der Waals surface area contributed by atoms with E-state index in [0.717, 1.165) is 6.54 Å². The van der Waals surface area contributed by atoms with Crippen molar-refractivity contribution in [3.63, 3.8) is 0 Å². The van der Waals surface area contributed by atoms with Crippen LogP contribution < -0.4 is 28.4 Å². The number of hydrogen-bond donors (Lipinski definition) is 5. The summed E-state index contributed by atoms with van der Waals surface area (Å²) in [6, 6.07) is 0. The molecule has 0 saturated heterocycles. The van der Waals surface area contributed by atoms with Crippen LogP contribution in [0.2, 0.25) is 0 Å². The van der Waals surface area contributed by atoms with Gasteiger partial charge in [-0.15, -0.1) is 0 Å². The fraction of sp³-hybridized carbons (Fsp3) is 0.900. The van der Waals surface area contributed by atoms with E-state index in [1.54, 1.807) is 0 Å². The Labute approximate surface area is 111 Å². The SMILES string of the molecule is CC(C)(N)CN.CNCC(C)(C)N.[B]C(=O)ON. The predicted octanol–water partition coefficient (Wildman–Crippen LogP) is -1.21. The van der Waals surface area contributed by atoms with Crippen LogP contribution in [0.4, 0.5) is 4.79 Å². The molecule has 0 spiro atoms. The van der Waals surface area contributed by atoms with Gasteiger partial charge in [-0.3, -0.25) is 4.79 Å². The van der Waals surface area contributed by atoms with Crippen molar-refractivity contribution in [2.24, 2.45) is 23.1 Å². The lowest BCUT2D eigenvalue weighted by molar-refractivity contribution is 0.175. The van der Waals surface area contributed by atoms with Gasteiger partial charge >= 0.3 is 0 Å². The van der Waals surface area contributed by atoms with Crippen LogP contribution in [0.25, 0.3) is 0 Å². The molecule has 0 heterocycles. The van der Waals surface area contributed by atoms with Crippen LogP contribution in [0.3, 0.4) is 0 Å². The number of carbonyl (C=O) groups excluding carboxylic acids is 1. The van der Waals surface area contributed by atoms with E-state index in [0.29, 0.717) is 6.54 Å². The number of hydrogen-bond acceptors (Lipinski definition) is 7. The van der Waals surface area contributed by atoms with Gasteiger partial charge in [0, 0.05) is 24.2 Å². The molecule has 0 aromatic heterocycles. The van der Waals surface area contributed by atoms with Gasteiger partial charge in [0.15, 0.2) is 0 Å². The van der Waals surface area contributed by atoms with Crippen LogP contribution >= 0.6 is 0 Å². The van der Waals surface area contributed by atoms with Crippen LogP contribution in [-0.4, -0.2) is 44.9 Å². The molecule has 0 aromatic rings. The first-order valence-corrected chi connectivity index (χ1v) is 5.48. The van der Waals surface area contributed by atoms with Crippen LogP contribution in [0.5, 0.6) is 0 Å². The topological polar surface area (TPSA) is 142 Å². The van der Waals surface area contributed by atoms with Gasteiger partial charge in [-0.25, -0.2) is 0 Å². The number of nitrogens with one attached hydrogen (secondary N) is 1. The van der Waals surface area contributed by atoms with Crippen molar-refractivity contribution >= 4 is 13.7 Å². The third-order valence-electron chi connectivity index (χ3n) is 1.27. The van der Waals surface area contributed by atoms with Gasteiger partial charge in [-0.2, -0.15) is 5.90 Å². The number of nitrogens with two attached hydrogens (primary N) is 4. The Morgan fingerprint density at radius 3 is 1.50 bits per heavy atom. The molecule has 2 radical (unpaired) electrons. The number of rotatable bonds is 3. The minimum atomic E-state index is -0.968. The highest BCUT2D eigenvalue weighted by atomic mass is 16.6. The zero-order valence-corrected chi connectivity index (χ0v) is 12.1. The predicted molar refractivity (Wildman–Crippen MR) is 75.9 cm³/mol. The fourth-order valence-corrected chi connectivity index (χ4v) is 0.456. The second-order valence-electron chi connectivity index (χ2n) is 5.15. The zero-order chi connectivity index (χ0) is 15.4. The first-order valence-electron chi connectivity index (χ1n) is 5.48. The second kappa shape index (κ2) is 11.4. The fourth-order valence-electron chi connectivity index (χ4n) is 0.456. The minimum Gasteiger partial charge on any atom is -0.387 e. The summed E-state index contributed by atoms with van der Waals surface area (Å²) >= 11 is 0. The summed E-state index contributed by atoms with van der Waals surface area (Å²) in [4.78, 5) is 12.6. The van der Waals surface area contributed by atoms with E-state index >= 15 is 0 Å². The van der Waals surface area contributed by atoms with Gasteiger partial charge in [-0.1, -0.05) is 0 Å². The molecule has 0 fully saturated rings. The van der Waals surface area contributed by atoms with Crippen LogP contribution in [0.15, 0.2) is 0 Å².